The molecule has 0 amide bonds. The minimum Gasteiger partial charge on any atom is -0.353 e. The molecule has 42 heavy (non-hydrogen) atoms. The summed E-state index contributed by atoms with van der Waals surface area (Å²) in [7, 11) is 0. The molecule has 4 heteroatoms. The Bertz CT molecular complexity index is 2220. The van der Waals surface area contributed by atoms with Crippen LogP contribution >= 0.6 is 23.5 Å². The molecule has 2 heterocycles. The van der Waals surface area contributed by atoms with E-state index in [0.29, 0.717) is 0 Å². The number of nitrogens with one attached hydrogen (secondary N) is 2. The fourth-order valence-corrected chi connectivity index (χ4v) is 8.33. The highest BCUT2D eigenvalue weighted by molar-refractivity contribution is 8.00. The van der Waals surface area contributed by atoms with Gasteiger partial charge < -0.3 is 10.6 Å². The van der Waals surface area contributed by atoms with Gasteiger partial charge in [-0.1, -0.05) is 108 Å². The number of para-hydroxylation sites is 4. The van der Waals surface area contributed by atoms with Crippen LogP contribution in [0.5, 0.6) is 0 Å². The molecule has 0 bridgehead atoms. The Morgan fingerprint density at radius 2 is 0.976 bits per heavy atom. The molecular weight excluding hydrogens is 549 g/mol. The summed E-state index contributed by atoms with van der Waals surface area (Å²) in [6.45, 7) is 0. The summed E-state index contributed by atoms with van der Waals surface area (Å²) in [5.74, 6) is 0. The van der Waals surface area contributed by atoms with Crippen LogP contribution in [0.3, 0.4) is 0 Å². The summed E-state index contributed by atoms with van der Waals surface area (Å²) < 4.78 is 0. The van der Waals surface area contributed by atoms with Crippen LogP contribution in [-0.2, 0) is 0 Å². The maximum Gasteiger partial charge on any atom is 0.0606 e. The fourth-order valence-electron chi connectivity index (χ4n) is 6.28. The molecule has 0 unspecified atom stereocenters. The Kier molecular flexibility index (Phi) is 5.40. The van der Waals surface area contributed by atoms with Crippen molar-refractivity contribution in [1.29, 1.82) is 0 Å². The van der Waals surface area contributed by atoms with Gasteiger partial charge >= 0.3 is 0 Å². The van der Waals surface area contributed by atoms with Crippen LogP contribution in [0.1, 0.15) is 0 Å². The molecular formula is C38H24N2S2. The van der Waals surface area contributed by atoms with Crippen LogP contribution < -0.4 is 10.6 Å². The van der Waals surface area contributed by atoms with E-state index >= 15 is 0 Å². The van der Waals surface area contributed by atoms with Crippen molar-refractivity contribution in [2.24, 2.45) is 0 Å². The third-order valence-electron chi connectivity index (χ3n) is 8.23. The predicted molar refractivity (Wildman–Crippen MR) is 180 cm³/mol. The molecule has 2 aliphatic heterocycles. The van der Waals surface area contributed by atoms with Gasteiger partial charge in [-0.05, 0) is 81.2 Å². The lowest BCUT2D eigenvalue weighted by molar-refractivity contribution is 1.31. The number of anilines is 4. The van der Waals surface area contributed by atoms with Crippen molar-refractivity contribution in [1.82, 2.24) is 0 Å². The topological polar surface area (TPSA) is 24.1 Å². The average Bonchev–Trinajstić information content (AvgIpc) is 3.04. The number of hydrogen-bond donors (Lipinski definition) is 2. The molecule has 0 atom stereocenters. The molecule has 0 saturated carbocycles. The van der Waals surface area contributed by atoms with E-state index in [1.165, 1.54) is 74.8 Å². The number of hydrogen-bond acceptors (Lipinski definition) is 4. The highest BCUT2D eigenvalue weighted by Crippen LogP contribution is 2.51. The van der Waals surface area contributed by atoms with Gasteiger partial charge in [0, 0.05) is 30.7 Å². The molecule has 7 aromatic carbocycles. The average molecular weight is 573 g/mol. The highest BCUT2D eigenvalue weighted by atomic mass is 32.2. The summed E-state index contributed by atoms with van der Waals surface area (Å²) in [6.07, 6.45) is 0. The summed E-state index contributed by atoms with van der Waals surface area (Å²) in [6, 6.07) is 48.5. The van der Waals surface area contributed by atoms with E-state index in [1.807, 2.05) is 23.5 Å². The van der Waals surface area contributed by atoms with Gasteiger partial charge in [-0.2, -0.15) is 0 Å². The van der Waals surface area contributed by atoms with E-state index in [-0.39, 0.29) is 0 Å². The van der Waals surface area contributed by atoms with Crippen molar-refractivity contribution in [2.45, 2.75) is 19.6 Å². The van der Waals surface area contributed by atoms with E-state index in [2.05, 4.69) is 144 Å². The Morgan fingerprint density at radius 3 is 1.71 bits per heavy atom. The molecule has 9 rings (SSSR count). The second-order valence-corrected chi connectivity index (χ2v) is 12.9. The molecule has 2 N–H and O–H groups in total. The van der Waals surface area contributed by atoms with Gasteiger partial charge in [0.25, 0.3) is 0 Å². The maximum absolute atomic E-state index is 3.80. The third-order valence-corrected chi connectivity index (χ3v) is 10.5. The lowest BCUT2D eigenvalue weighted by atomic mass is 9.89. The first-order valence-corrected chi connectivity index (χ1v) is 15.7. The minimum atomic E-state index is 1.16. The van der Waals surface area contributed by atoms with Crippen LogP contribution in [0, 0.1) is 0 Å². The molecule has 0 aromatic heterocycles. The lowest BCUT2D eigenvalue weighted by Gasteiger charge is -2.25. The Morgan fingerprint density at radius 1 is 0.405 bits per heavy atom. The molecule has 2 aliphatic rings. The van der Waals surface area contributed by atoms with Gasteiger partial charge in [0.2, 0.25) is 0 Å². The maximum atomic E-state index is 3.80. The first kappa shape index (κ1) is 24.0. The van der Waals surface area contributed by atoms with Crippen LogP contribution in [0.2, 0.25) is 0 Å². The summed E-state index contributed by atoms with van der Waals surface area (Å²) >= 11 is 3.67. The summed E-state index contributed by atoms with van der Waals surface area (Å²) in [5.41, 5.74) is 9.60. The smallest absolute Gasteiger partial charge is 0.0606 e. The molecule has 0 fully saturated rings. The van der Waals surface area contributed by atoms with Crippen molar-refractivity contribution < 1.29 is 0 Å². The van der Waals surface area contributed by atoms with Crippen LogP contribution in [0.4, 0.5) is 22.7 Å². The van der Waals surface area contributed by atoms with Crippen molar-refractivity contribution in [3.63, 3.8) is 0 Å². The standard InChI is InChI=1S/C38H24N2S2/c1-2-10-26-23(9-1)21-24-19-20-25(27-11-7-17-34-37(27)39-30-13-3-5-15-32(30)41-34)22-29(24)36(26)28-12-8-18-35-38(28)40-31-14-4-6-16-33(31)42-35/h1-22,39-40H. The lowest BCUT2D eigenvalue weighted by Crippen LogP contribution is -2.02. The SMILES string of the molecule is c1ccc2c(c1)Nc1c(cccc1-c1ccc3cc4ccccc4c(-c4cccc5c4Nc4ccccc4S5)c3c1)S2. The molecule has 198 valence electrons. The zero-order valence-corrected chi connectivity index (χ0v) is 24.2. The zero-order chi connectivity index (χ0) is 27.6. The molecule has 0 spiro atoms. The van der Waals surface area contributed by atoms with Gasteiger partial charge in [0.05, 0.1) is 22.7 Å². The van der Waals surface area contributed by atoms with E-state index < -0.39 is 0 Å². The van der Waals surface area contributed by atoms with E-state index in [4.69, 9.17) is 0 Å². The fraction of sp³-hybridized carbons (Fsp3) is 0. The summed E-state index contributed by atoms with van der Waals surface area (Å²) in [4.78, 5) is 5.02. The summed E-state index contributed by atoms with van der Waals surface area (Å²) in [5, 5.41) is 12.6. The Hall–Kier alpha value is -4.64. The van der Waals surface area contributed by atoms with Gasteiger partial charge in [0.1, 0.15) is 0 Å². The Balaban J connectivity index is 1.28. The van der Waals surface area contributed by atoms with Crippen molar-refractivity contribution in [3.05, 3.63) is 133 Å². The molecule has 0 radical (unpaired) electrons. The molecule has 7 aromatic rings. The third kappa shape index (κ3) is 3.76. The normalized spacial score (nSPS) is 13.0. The van der Waals surface area contributed by atoms with E-state index in [9.17, 15) is 0 Å². The van der Waals surface area contributed by atoms with Gasteiger partial charge in [0.15, 0.2) is 0 Å². The minimum absolute atomic E-state index is 1.16. The first-order chi connectivity index (χ1) is 20.8. The number of fused-ring (bicyclic) bond motifs is 6. The Labute approximate surface area is 252 Å². The largest absolute Gasteiger partial charge is 0.353 e. The quantitative estimate of drug-likeness (QED) is 0.201. The zero-order valence-electron chi connectivity index (χ0n) is 22.5. The van der Waals surface area contributed by atoms with Crippen molar-refractivity contribution >= 4 is 67.8 Å². The number of benzene rings is 7. The van der Waals surface area contributed by atoms with Crippen molar-refractivity contribution in [2.75, 3.05) is 10.6 Å². The monoisotopic (exact) mass is 572 g/mol. The number of rotatable bonds is 2. The predicted octanol–water partition coefficient (Wildman–Crippen LogP) is 11.7. The van der Waals surface area contributed by atoms with Gasteiger partial charge in [-0.15, -0.1) is 0 Å². The molecule has 0 saturated heterocycles. The van der Waals surface area contributed by atoms with Crippen LogP contribution in [-0.4, -0.2) is 0 Å². The van der Waals surface area contributed by atoms with Crippen LogP contribution in [0.25, 0.3) is 43.8 Å². The van der Waals surface area contributed by atoms with Crippen molar-refractivity contribution in [3.8, 4) is 22.3 Å². The van der Waals surface area contributed by atoms with Gasteiger partial charge in [-0.3, -0.25) is 0 Å². The van der Waals surface area contributed by atoms with E-state index in [1.54, 1.807) is 0 Å². The molecule has 0 aliphatic carbocycles. The highest BCUT2D eigenvalue weighted by Gasteiger charge is 2.23. The van der Waals surface area contributed by atoms with Crippen LogP contribution in [0.15, 0.2) is 153 Å². The molecule has 2 nitrogen and oxygen atoms in total. The first-order valence-electron chi connectivity index (χ1n) is 14.1. The second kappa shape index (κ2) is 9.45. The van der Waals surface area contributed by atoms with Gasteiger partial charge in [-0.25, -0.2) is 0 Å². The van der Waals surface area contributed by atoms with E-state index in [0.717, 1.165) is 11.4 Å². The second-order valence-electron chi connectivity index (χ2n) is 10.7.